The fourth-order valence-corrected chi connectivity index (χ4v) is 5.23. The van der Waals surface area contributed by atoms with E-state index in [9.17, 15) is 27.6 Å². The molecule has 1 aliphatic heterocycles. The van der Waals surface area contributed by atoms with Crippen LogP contribution in [0.3, 0.4) is 0 Å². The highest BCUT2D eigenvalue weighted by molar-refractivity contribution is 6.43. The number of ketones is 2. The van der Waals surface area contributed by atoms with Crippen LogP contribution >= 0.6 is 0 Å². The number of piperazine rings is 1. The molecule has 1 aliphatic carbocycles. The summed E-state index contributed by atoms with van der Waals surface area (Å²) in [4.78, 5) is 41.4. The second-order valence-corrected chi connectivity index (χ2v) is 9.70. The van der Waals surface area contributed by atoms with Crippen LogP contribution in [0.25, 0.3) is 0 Å². The Morgan fingerprint density at radius 2 is 1.44 bits per heavy atom. The Morgan fingerprint density at radius 3 is 2.00 bits per heavy atom. The zero-order valence-electron chi connectivity index (χ0n) is 20.4. The highest BCUT2D eigenvalue weighted by Crippen LogP contribution is 2.35. The van der Waals surface area contributed by atoms with Crippen LogP contribution in [-0.2, 0) is 11.0 Å². The fraction of sp³-hybridized carbons (Fsp3) is 0.464. The normalized spacial score (nSPS) is 17.6. The number of carbonyl (C=O) groups is 3. The third kappa shape index (κ3) is 5.79. The number of Topliss-reactive ketones (excluding diaryl/α,β-unsaturated/α-hetero) is 2. The molecule has 36 heavy (non-hydrogen) atoms. The molecule has 2 aromatic carbocycles. The summed E-state index contributed by atoms with van der Waals surface area (Å²) >= 11 is 0. The smallest absolute Gasteiger partial charge is 0.368 e. The number of nitrogens with zero attached hydrogens (tertiary/aromatic N) is 2. The van der Waals surface area contributed by atoms with Crippen LogP contribution in [-0.4, -0.2) is 48.6 Å². The summed E-state index contributed by atoms with van der Waals surface area (Å²) in [5.74, 6) is -1.11. The number of benzene rings is 2. The summed E-state index contributed by atoms with van der Waals surface area (Å²) in [6, 6.07) is 10.1. The second-order valence-electron chi connectivity index (χ2n) is 9.70. The predicted octanol–water partition coefficient (Wildman–Crippen LogP) is 5.88. The van der Waals surface area contributed by atoms with Crippen molar-refractivity contribution in [3.63, 3.8) is 0 Å². The average Bonchev–Trinajstić information content (AvgIpc) is 3.17. The number of carbonyl (C=O) groups excluding carboxylic acids is 3. The molecule has 8 heteroatoms. The summed E-state index contributed by atoms with van der Waals surface area (Å²) in [5.41, 5.74) is 1.64. The lowest BCUT2D eigenvalue weighted by molar-refractivity contribution is -0.137. The van der Waals surface area contributed by atoms with E-state index in [0.29, 0.717) is 37.4 Å². The van der Waals surface area contributed by atoms with Gasteiger partial charge >= 0.3 is 6.18 Å². The van der Waals surface area contributed by atoms with Gasteiger partial charge in [-0.2, -0.15) is 13.2 Å². The Morgan fingerprint density at radius 1 is 0.833 bits per heavy atom. The minimum Gasteiger partial charge on any atom is -0.368 e. The van der Waals surface area contributed by atoms with Gasteiger partial charge in [0.2, 0.25) is 5.78 Å². The first-order chi connectivity index (χ1) is 17.1. The van der Waals surface area contributed by atoms with Gasteiger partial charge in [-0.05, 0) is 54.7 Å². The standard InChI is InChI=1S/C28H31F3N2O3/c1-19(34)26(35)21-8-13-24(20-6-4-2-3-5-7-20)25(18-21)27(36)33-16-14-32(15-17-33)23-11-9-22(10-12-23)28(29,30)31/h8-13,18,20H,2-7,14-17H2,1H3. The molecule has 0 unspecified atom stereocenters. The maximum atomic E-state index is 13.7. The van der Waals surface area contributed by atoms with Crippen molar-refractivity contribution in [2.45, 2.75) is 57.5 Å². The fourth-order valence-electron chi connectivity index (χ4n) is 5.23. The molecule has 2 aromatic rings. The van der Waals surface area contributed by atoms with E-state index in [4.69, 9.17) is 0 Å². The van der Waals surface area contributed by atoms with E-state index in [2.05, 4.69) is 0 Å². The molecule has 1 saturated heterocycles. The lowest BCUT2D eigenvalue weighted by Gasteiger charge is -2.36. The van der Waals surface area contributed by atoms with Gasteiger partial charge in [0.05, 0.1) is 5.56 Å². The molecule has 2 fully saturated rings. The number of hydrogen-bond acceptors (Lipinski definition) is 4. The molecule has 4 rings (SSSR count). The van der Waals surface area contributed by atoms with Crippen molar-refractivity contribution >= 4 is 23.2 Å². The van der Waals surface area contributed by atoms with Crippen LogP contribution in [0.4, 0.5) is 18.9 Å². The molecular formula is C28H31F3N2O3. The highest BCUT2D eigenvalue weighted by Gasteiger charge is 2.31. The molecule has 1 heterocycles. The van der Waals surface area contributed by atoms with Gasteiger partial charge in [0.1, 0.15) is 0 Å². The van der Waals surface area contributed by atoms with Gasteiger partial charge in [-0.3, -0.25) is 14.4 Å². The van der Waals surface area contributed by atoms with Gasteiger partial charge in [0.15, 0.2) is 5.78 Å². The number of rotatable bonds is 5. The molecule has 0 atom stereocenters. The third-order valence-electron chi connectivity index (χ3n) is 7.29. The molecule has 0 bridgehead atoms. The van der Waals surface area contributed by atoms with E-state index < -0.39 is 23.3 Å². The molecule has 5 nitrogen and oxygen atoms in total. The SMILES string of the molecule is CC(=O)C(=O)c1ccc(C2CCCCCC2)c(C(=O)N2CCN(c3ccc(C(F)(F)F)cc3)CC2)c1. The second kappa shape index (κ2) is 10.8. The Bertz CT molecular complexity index is 1110. The van der Waals surface area contributed by atoms with Crippen LogP contribution in [0.5, 0.6) is 0 Å². The van der Waals surface area contributed by atoms with Gasteiger partial charge in [0.25, 0.3) is 5.91 Å². The number of amides is 1. The summed E-state index contributed by atoms with van der Waals surface area (Å²) < 4.78 is 38.6. The van der Waals surface area contributed by atoms with Gasteiger partial charge in [-0.25, -0.2) is 0 Å². The minimum atomic E-state index is -4.38. The van der Waals surface area contributed by atoms with Gasteiger partial charge in [-0.1, -0.05) is 37.8 Å². The topological polar surface area (TPSA) is 57.7 Å². The summed E-state index contributed by atoms with van der Waals surface area (Å²) in [7, 11) is 0. The zero-order valence-corrected chi connectivity index (χ0v) is 20.4. The third-order valence-corrected chi connectivity index (χ3v) is 7.29. The first-order valence-electron chi connectivity index (χ1n) is 12.6. The number of halogens is 3. The highest BCUT2D eigenvalue weighted by atomic mass is 19.4. The van der Waals surface area contributed by atoms with Crippen LogP contribution < -0.4 is 4.90 Å². The van der Waals surface area contributed by atoms with E-state index in [1.54, 1.807) is 17.0 Å². The molecule has 0 aromatic heterocycles. The van der Waals surface area contributed by atoms with Gasteiger partial charge < -0.3 is 9.80 Å². The quantitative estimate of drug-likeness (QED) is 0.292. The maximum Gasteiger partial charge on any atom is 0.416 e. The van der Waals surface area contributed by atoms with Crippen molar-refractivity contribution in [2.75, 3.05) is 31.1 Å². The molecule has 0 N–H and O–H groups in total. The van der Waals surface area contributed by atoms with E-state index in [-0.39, 0.29) is 17.4 Å². The van der Waals surface area contributed by atoms with Gasteiger partial charge in [-0.15, -0.1) is 0 Å². The molecular weight excluding hydrogens is 469 g/mol. The lowest BCUT2D eigenvalue weighted by atomic mass is 9.86. The Kier molecular flexibility index (Phi) is 7.81. The first-order valence-corrected chi connectivity index (χ1v) is 12.6. The van der Waals surface area contributed by atoms with Crippen LogP contribution in [0.2, 0.25) is 0 Å². The van der Waals surface area contributed by atoms with Crippen LogP contribution in [0.15, 0.2) is 42.5 Å². The number of hydrogen-bond donors (Lipinski definition) is 0. The Hall–Kier alpha value is -3.16. The van der Waals surface area contributed by atoms with E-state index >= 15 is 0 Å². The van der Waals surface area contributed by atoms with E-state index in [1.165, 1.54) is 31.9 Å². The maximum absolute atomic E-state index is 13.7. The Balaban J connectivity index is 1.53. The largest absolute Gasteiger partial charge is 0.416 e. The number of anilines is 1. The van der Waals surface area contributed by atoms with Crippen molar-refractivity contribution in [2.24, 2.45) is 0 Å². The van der Waals surface area contributed by atoms with Crippen LogP contribution in [0, 0.1) is 0 Å². The zero-order chi connectivity index (χ0) is 25.9. The summed E-state index contributed by atoms with van der Waals surface area (Å²) in [6.07, 6.45) is 2.14. The number of alkyl halides is 3. The van der Waals surface area contributed by atoms with Crippen molar-refractivity contribution < 1.29 is 27.6 Å². The average molecular weight is 501 g/mol. The van der Waals surface area contributed by atoms with E-state index in [0.717, 1.165) is 43.4 Å². The summed E-state index contributed by atoms with van der Waals surface area (Å²) in [5, 5.41) is 0. The van der Waals surface area contributed by atoms with Crippen molar-refractivity contribution in [1.29, 1.82) is 0 Å². The summed E-state index contributed by atoms with van der Waals surface area (Å²) in [6.45, 7) is 3.02. The van der Waals surface area contributed by atoms with Gasteiger partial charge in [0, 0.05) is 49.9 Å². The Labute approximate surface area is 209 Å². The first kappa shape index (κ1) is 25.9. The van der Waals surface area contributed by atoms with Crippen molar-refractivity contribution in [1.82, 2.24) is 4.90 Å². The van der Waals surface area contributed by atoms with Crippen molar-refractivity contribution in [3.05, 3.63) is 64.7 Å². The lowest BCUT2D eigenvalue weighted by Crippen LogP contribution is -2.49. The monoisotopic (exact) mass is 500 g/mol. The van der Waals surface area contributed by atoms with E-state index in [1.807, 2.05) is 11.0 Å². The van der Waals surface area contributed by atoms with Crippen molar-refractivity contribution in [3.8, 4) is 0 Å². The molecule has 192 valence electrons. The molecule has 0 spiro atoms. The van der Waals surface area contributed by atoms with Crippen LogP contribution in [0.1, 0.15) is 83.2 Å². The predicted molar refractivity (Wildman–Crippen MR) is 131 cm³/mol. The molecule has 2 aliphatic rings. The molecule has 0 radical (unpaired) electrons. The molecule has 1 amide bonds. The minimum absolute atomic E-state index is 0.167. The molecule has 1 saturated carbocycles.